The van der Waals surface area contributed by atoms with Crippen molar-refractivity contribution in [2.75, 3.05) is 0 Å². The van der Waals surface area contributed by atoms with Crippen molar-refractivity contribution in [3.8, 4) is 0 Å². The molecule has 0 atom stereocenters. The number of aliphatic hydroxyl groups excluding tert-OH is 2. The summed E-state index contributed by atoms with van der Waals surface area (Å²) in [6.07, 6.45) is 17.1. The summed E-state index contributed by atoms with van der Waals surface area (Å²) in [6, 6.07) is 0. The molecule has 0 bridgehead atoms. The minimum absolute atomic E-state index is 0.167. The molecule has 2 aliphatic carbocycles. The molecule has 0 spiro atoms. The molecule has 2 nitrogen and oxygen atoms in total. The third-order valence-electron chi connectivity index (χ3n) is 3.13. The van der Waals surface area contributed by atoms with Gasteiger partial charge in [-0.05, 0) is 43.8 Å². The molecule has 0 aromatic carbocycles. The van der Waals surface area contributed by atoms with E-state index in [-0.39, 0.29) is 12.2 Å². The van der Waals surface area contributed by atoms with E-state index in [1.165, 1.54) is 0 Å². The van der Waals surface area contributed by atoms with E-state index in [2.05, 4.69) is 80.0 Å². The fourth-order valence-corrected chi connectivity index (χ4v) is 4.34. The van der Waals surface area contributed by atoms with E-state index in [4.69, 9.17) is 10.2 Å². The average molecular weight is 587 g/mol. The maximum absolute atomic E-state index is 8.06. The topological polar surface area (TPSA) is 40.5 Å². The van der Waals surface area contributed by atoms with Gasteiger partial charge in [0.25, 0.3) is 0 Å². The Morgan fingerprint density at radius 1 is 0.750 bits per heavy atom. The number of hydrogen-bond acceptors (Lipinski definition) is 2. The van der Waals surface area contributed by atoms with E-state index < -0.39 is 16.1 Å². The monoisotopic (exact) mass is 588 g/mol. The summed E-state index contributed by atoms with van der Waals surface area (Å²) in [5.74, 6) is 0. The first-order valence-corrected chi connectivity index (χ1v) is 19.5. The van der Waals surface area contributed by atoms with Gasteiger partial charge < -0.3 is 10.2 Å². The molecule has 160 valence electrons. The minimum atomic E-state index is -0.981. The predicted molar refractivity (Wildman–Crippen MR) is 130 cm³/mol. The van der Waals surface area contributed by atoms with Crippen LogP contribution >= 0.6 is 0 Å². The van der Waals surface area contributed by atoms with Crippen molar-refractivity contribution in [1.82, 2.24) is 0 Å². The van der Waals surface area contributed by atoms with Gasteiger partial charge in [-0.15, -0.1) is 12.8 Å². The molecule has 5 heteroatoms. The van der Waals surface area contributed by atoms with Gasteiger partial charge in [0.05, 0.1) is 0 Å². The molecule has 0 saturated heterocycles. The molecule has 2 aliphatic rings. The Balaban J connectivity index is -0.000000309. The van der Waals surface area contributed by atoms with Crippen molar-refractivity contribution in [1.29, 1.82) is 0 Å². The van der Waals surface area contributed by atoms with Crippen LogP contribution in [0.5, 0.6) is 0 Å². The number of hydrogen-bond donors (Lipinski definition) is 2. The molecular weight excluding hydrogens is 543 g/mol. The van der Waals surface area contributed by atoms with Crippen LogP contribution in [0, 0.1) is 12.2 Å². The van der Waals surface area contributed by atoms with Crippen LogP contribution in [0.1, 0.15) is 40.5 Å². The second kappa shape index (κ2) is 17.9. The molecule has 0 fully saturated rings. The van der Waals surface area contributed by atoms with Crippen LogP contribution in [0.25, 0.3) is 0 Å². The van der Waals surface area contributed by atoms with E-state index in [1.54, 1.807) is 38.1 Å². The van der Waals surface area contributed by atoms with Gasteiger partial charge in [-0.3, -0.25) is 12.2 Å². The Bertz CT molecular complexity index is 454. The van der Waals surface area contributed by atoms with Crippen LogP contribution in [0.3, 0.4) is 0 Å². The fourth-order valence-electron chi connectivity index (χ4n) is 1.84. The van der Waals surface area contributed by atoms with Crippen molar-refractivity contribution in [2.24, 2.45) is 0 Å². The Hall–Kier alpha value is 0.0539. The standard InChI is InChI=1S/2C8H13Si.2C3H8O.CH2.Hf/c2*1-9(2,3)8-6-4-5-7-8;2*1-3(2)4;;/h2*6-7H,4H2,1-3H3;2*3-4H,1-2H3;1H2;/q2*-1;;;;+2. The first kappa shape index (κ1) is 32.7. The third-order valence-corrected chi connectivity index (χ3v) is 7.29. The van der Waals surface area contributed by atoms with E-state index in [9.17, 15) is 0 Å². The Labute approximate surface area is 192 Å². The van der Waals surface area contributed by atoms with Crippen molar-refractivity contribution in [2.45, 2.75) is 92.0 Å². The van der Waals surface area contributed by atoms with Gasteiger partial charge in [-0.1, -0.05) is 39.3 Å². The third kappa shape index (κ3) is 24.1. The van der Waals surface area contributed by atoms with Crippen LogP contribution < -0.4 is 0 Å². The van der Waals surface area contributed by atoms with E-state index in [1.807, 2.05) is 0 Å². The quantitative estimate of drug-likeness (QED) is 0.315. The molecular formula is C23H44HfO2Si2. The molecule has 2 rings (SSSR count). The summed E-state index contributed by atoms with van der Waals surface area (Å²) >= 11 is 1.06. The van der Waals surface area contributed by atoms with Gasteiger partial charge in [0.15, 0.2) is 0 Å². The summed E-state index contributed by atoms with van der Waals surface area (Å²) in [7, 11) is -1.96. The Morgan fingerprint density at radius 2 is 0.964 bits per heavy atom. The van der Waals surface area contributed by atoms with Crippen LogP contribution in [0.4, 0.5) is 0 Å². The second-order valence-corrected chi connectivity index (χ2v) is 19.3. The molecule has 0 aromatic heterocycles. The molecule has 28 heavy (non-hydrogen) atoms. The van der Waals surface area contributed by atoms with Gasteiger partial charge in [0.2, 0.25) is 0 Å². The molecule has 0 aromatic rings. The number of allylic oxidation sites excluding steroid dienone is 8. The fraction of sp³-hybridized carbons (Fsp3) is 0.609. The second-order valence-electron chi connectivity index (χ2n) is 9.11. The summed E-state index contributed by atoms with van der Waals surface area (Å²) in [4.78, 5) is 0. The molecule has 0 saturated carbocycles. The van der Waals surface area contributed by atoms with E-state index in [0.29, 0.717) is 0 Å². The first-order valence-electron chi connectivity index (χ1n) is 9.94. The SMILES string of the molecule is CC(C)O.CC(C)O.C[Si](C)(C)C1=CC[C-]=C1.C[Si](C)(C)C1=CC[C-]=C1.[CH2]=[Hf+2]. The zero-order valence-electron chi connectivity index (χ0n) is 20.0. The van der Waals surface area contributed by atoms with Crippen LogP contribution in [-0.4, -0.2) is 42.8 Å². The van der Waals surface area contributed by atoms with Crippen LogP contribution in [0.2, 0.25) is 39.3 Å². The summed E-state index contributed by atoms with van der Waals surface area (Å²) < 4.78 is 3.39. The van der Waals surface area contributed by atoms with E-state index in [0.717, 1.165) is 36.7 Å². The first-order chi connectivity index (χ1) is 12.7. The van der Waals surface area contributed by atoms with Crippen molar-refractivity contribution in [3.63, 3.8) is 0 Å². The normalized spacial score (nSPS) is 14.6. The average Bonchev–Trinajstić information content (AvgIpc) is 3.22. The van der Waals surface area contributed by atoms with E-state index >= 15 is 0 Å². The Morgan fingerprint density at radius 3 is 1.04 bits per heavy atom. The summed E-state index contributed by atoms with van der Waals surface area (Å²) in [5, 5.41) is 19.2. The van der Waals surface area contributed by atoms with Crippen molar-refractivity contribution >= 4 is 20.4 Å². The Kier molecular flexibility index (Phi) is 20.9. The zero-order chi connectivity index (χ0) is 23.0. The predicted octanol–water partition coefficient (Wildman–Crippen LogP) is 5.85. The van der Waals surface area contributed by atoms with Gasteiger partial charge in [-0.25, -0.2) is 22.5 Å². The van der Waals surface area contributed by atoms with Gasteiger partial charge in [0, 0.05) is 12.2 Å². The van der Waals surface area contributed by atoms with Crippen LogP contribution in [-0.2, 0) is 23.9 Å². The van der Waals surface area contributed by atoms with Crippen molar-refractivity contribution in [3.05, 3.63) is 46.8 Å². The summed E-state index contributed by atoms with van der Waals surface area (Å²) in [6.45, 7) is 21.1. The molecule has 0 unspecified atom stereocenters. The molecule has 2 N–H and O–H groups in total. The molecule has 0 amide bonds. The number of aliphatic hydroxyl groups is 2. The van der Waals surface area contributed by atoms with Gasteiger partial charge in [0.1, 0.15) is 0 Å². The van der Waals surface area contributed by atoms with Gasteiger partial charge in [-0.2, -0.15) is 12.2 Å². The zero-order valence-corrected chi connectivity index (χ0v) is 25.6. The molecule has 0 radical (unpaired) electrons. The maximum atomic E-state index is 8.06. The number of rotatable bonds is 2. The molecule has 0 heterocycles. The van der Waals surface area contributed by atoms with Crippen molar-refractivity contribution < 1.29 is 34.1 Å². The van der Waals surface area contributed by atoms with Crippen LogP contribution in [0.15, 0.2) is 34.7 Å². The molecule has 0 aliphatic heterocycles. The van der Waals surface area contributed by atoms with Gasteiger partial charge >= 0.3 is 28.2 Å². The summed E-state index contributed by atoms with van der Waals surface area (Å²) in [5.41, 5.74) is 0.